The molecule has 11 rings (SSSR count). The molecule has 0 fully saturated rings. The summed E-state index contributed by atoms with van der Waals surface area (Å²) in [5, 5.41) is 7.50. The maximum atomic E-state index is 6.71. The molecule has 1 atom stereocenters. The van der Waals surface area contributed by atoms with E-state index in [1.807, 2.05) is 0 Å². The van der Waals surface area contributed by atoms with Crippen molar-refractivity contribution in [2.45, 2.75) is 6.04 Å². The average Bonchev–Trinajstić information content (AvgIpc) is 3.78. The molecule has 5 heteroatoms. The molecule has 0 spiro atoms. The normalized spacial score (nSPS) is 14.4. The SMILES string of the molecule is C[n+]1cccc2c3ccccc3n(-c3cccc4c3C3c5c(cccc5-n5cc(-c6ccc7cc8ccccc8cc7c6)c[n+]53)O4)c21. The summed E-state index contributed by atoms with van der Waals surface area (Å²) in [5.41, 5.74) is 9.37. The monoisotopic (exact) mass is 604 g/mol. The molecule has 6 aromatic carbocycles. The minimum Gasteiger partial charge on any atom is -0.456 e. The molecule has 5 nitrogen and oxygen atoms in total. The zero-order valence-corrected chi connectivity index (χ0v) is 25.6. The molecule has 1 unspecified atom stereocenters. The third-order valence-corrected chi connectivity index (χ3v) is 10.2. The van der Waals surface area contributed by atoms with Crippen molar-refractivity contribution in [2.75, 3.05) is 0 Å². The van der Waals surface area contributed by atoms with Gasteiger partial charge in [0, 0.05) is 5.39 Å². The summed E-state index contributed by atoms with van der Waals surface area (Å²) in [5.74, 6) is 1.81. The molecule has 9 aromatic rings. The first-order valence-electron chi connectivity index (χ1n) is 16.1. The number of para-hydroxylation sites is 1. The van der Waals surface area contributed by atoms with Crippen LogP contribution in [0, 0.1) is 0 Å². The van der Waals surface area contributed by atoms with Crippen molar-refractivity contribution in [2.24, 2.45) is 7.05 Å². The highest BCUT2D eigenvalue weighted by atomic mass is 16.5. The lowest BCUT2D eigenvalue weighted by atomic mass is 9.92. The van der Waals surface area contributed by atoms with Crippen LogP contribution in [0.5, 0.6) is 11.5 Å². The molecule has 0 aliphatic carbocycles. The molecule has 2 aliphatic rings. The van der Waals surface area contributed by atoms with Crippen LogP contribution in [0.1, 0.15) is 17.2 Å². The molecular weight excluding hydrogens is 576 g/mol. The van der Waals surface area contributed by atoms with Gasteiger partial charge in [0.15, 0.2) is 0 Å². The van der Waals surface area contributed by atoms with Gasteiger partial charge >= 0.3 is 0 Å². The molecule has 0 bridgehead atoms. The highest BCUT2D eigenvalue weighted by Crippen LogP contribution is 2.50. The van der Waals surface area contributed by atoms with Gasteiger partial charge in [0.25, 0.3) is 5.65 Å². The summed E-state index contributed by atoms with van der Waals surface area (Å²) in [6.07, 6.45) is 6.72. The molecule has 0 radical (unpaired) electrons. The van der Waals surface area contributed by atoms with Gasteiger partial charge in [-0.3, -0.25) is 0 Å². The smallest absolute Gasteiger partial charge is 0.294 e. The first-order valence-corrected chi connectivity index (χ1v) is 16.1. The molecule has 2 aliphatic heterocycles. The lowest BCUT2D eigenvalue weighted by molar-refractivity contribution is -0.765. The number of aryl methyl sites for hydroxylation is 1. The molecule has 0 saturated carbocycles. The van der Waals surface area contributed by atoms with Crippen LogP contribution in [0.4, 0.5) is 0 Å². The fourth-order valence-electron chi connectivity index (χ4n) is 8.16. The highest BCUT2D eigenvalue weighted by molar-refractivity contribution is 6.07. The molecule has 47 heavy (non-hydrogen) atoms. The van der Waals surface area contributed by atoms with Gasteiger partial charge in [-0.25, -0.2) is 4.57 Å². The van der Waals surface area contributed by atoms with Gasteiger partial charge < -0.3 is 4.74 Å². The number of hydrogen-bond donors (Lipinski definition) is 0. The number of aromatic nitrogens is 4. The van der Waals surface area contributed by atoms with Crippen molar-refractivity contribution < 1.29 is 14.0 Å². The predicted molar refractivity (Wildman–Crippen MR) is 186 cm³/mol. The number of nitrogens with zero attached hydrogens (tertiary/aromatic N) is 4. The van der Waals surface area contributed by atoms with E-state index in [4.69, 9.17) is 4.74 Å². The van der Waals surface area contributed by atoms with E-state index in [0.717, 1.165) is 34.1 Å². The van der Waals surface area contributed by atoms with Crippen LogP contribution in [0.3, 0.4) is 0 Å². The van der Waals surface area contributed by atoms with E-state index in [1.165, 1.54) is 54.5 Å². The van der Waals surface area contributed by atoms with E-state index in [9.17, 15) is 0 Å². The Hall–Kier alpha value is -6.20. The van der Waals surface area contributed by atoms with E-state index in [-0.39, 0.29) is 6.04 Å². The first kappa shape index (κ1) is 25.0. The van der Waals surface area contributed by atoms with Gasteiger partial charge in [-0.15, -0.1) is 4.68 Å². The Morgan fingerprint density at radius 1 is 0.596 bits per heavy atom. The molecule has 5 heterocycles. The van der Waals surface area contributed by atoms with Gasteiger partial charge in [-0.2, -0.15) is 4.57 Å². The average molecular weight is 605 g/mol. The Bertz CT molecular complexity index is 2800. The number of fused-ring (bicyclic) bond motifs is 10. The zero-order valence-electron chi connectivity index (χ0n) is 25.6. The molecule has 0 amide bonds. The van der Waals surface area contributed by atoms with Gasteiger partial charge in [-0.1, -0.05) is 65.3 Å². The Labute approximate surface area is 270 Å². The van der Waals surface area contributed by atoms with Crippen LogP contribution in [-0.4, -0.2) is 9.25 Å². The Morgan fingerprint density at radius 2 is 1.30 bits per heavy atom. The third kappa shape index (κ3) is 3.32. The van der Waals surface area contributed by atoms with Gasteiger partial charge in [0.1, 0.15) is 34.0 Å². The standard InChI is InChI=1S/C42H28N4O/c1-43-20-8-12-33-32-11-4-5-13-34(32)46(42(33)43)36-15-7-17-38-40(36)41-39-35(14-6-16-37(39)47-38)44-24-31(25-45(41)44)29-19-18-28-21-26-9-2-3-10-27(26)22-30(28)23-29/h2-25,41H,1H3/q+2. The van der Waals surface area contributed by atoms with Crippen LogP contribution >= 0.6 is 0 Å². The summed E-state index contributed by atoms with van der Waals surface area (Å²) in [4.78, 5) is 0. The zero-order chi connectivity index (χ0) is 30.8. The van der Waals surface area contributed by atoms with Crippen molar-refractivity contribution in [3.8, 4) is 34.0 Å². The second-order valence-corrected chi connectivity index (χ2v) is 12.8. The molecule has 0 N–H and O–H groups in total. The Kier molecular flexibility index (Phi) is 4.77. The highest BCUT2D eigenvalue weighted by Gasteiger charge is 2.48. The molecule has 3 aromatic heterocycles. The van der Waals surface area contributed by atoms with Crippen molar-refractivity contribution in [3.05, 3.63) is 157 Å². The number of benzene rings is 6. The maximum Gasteiger partial charge on any atom is 0.294 e. The Balaban J connectivity index is 1.15. The quantitative estimate of drug-likeness (QED) is 0.143. The second kappa shape index (κ2) is 8.95. The minimum atomic E-state index is -0.0514. The van der Waals surface area contributed by atoms with Crippen LogP contribution in [0.2, 0.25) is 0 Å². The van der Waals surface area contributed by atoms with E-state index >= 15 is 0 Å². The van der Waals surface area contributed by atoms with Crippen molar-refractivity contribution >= 4 is 43.5 Å². The van der Waals surface area contributed by atoms with Crippen LogP contribution in [0.25, 0.3) is 66.0 Å². The van der Waals surface area contributed by atoms with E-state index in [0.29, 0.717) is 0 Å². The van der Waals surface area contributed by atoms with Crippen molar-refractivity contribution in [1.29, 1.82) is 0 Å². The number of ether oxygens (including phenoxy) is 1. The fraction of sp³-hybridized carbons (Fsp3) is 0.0476. The lowest BCUT2D eigenvalue weighted by Crippen LogP contribution is -2.43. The van der Waals surface area contributed by atoms with E-state index in [1.54, 1.807) is 0 Å². The van der Waals surface area contributed by atoms with Crippen LogP contribution in [0.15, 0.2) is 146 Å². The molecule has 220 valence electrons. The second-order valence-electron chi connectivity index (χ2n) is 12.8. The fourth-order valence-corrected chi connectivity index (χ4v) is 8.16. The van der Waals surface area contributed by atoms with Crippen LogP contribution in [-0.2, 0) is 7.05 Å². The van der Waals surface area contributed by atoms with E-state index < -0.39 is 0 Å². The number of rotatable bonds is 2. The first-order chi connectivity index (χ1) is 23.2. The van der Waals surface area contributed by atoms with E-state index in [2.05, 4.69) is 172 Å². The maximum absolute atomic E-state index is 6.71. The summed E-state index contributed by atoms with van der Waals surface area (Å²) in [6.45, 7) is 0. The number of pyridine rings is 1. The van der Waals surface area contributed by atoms with Crippen molar-refractivity contribution in [3.63, 3.8) is 0 Å². The largest absolute Gasteiger partial charge is 0.456 e. The predicted octanol–water partition coefficient (Wildman–Crippen LogP) is 8.72. The van der Waals surface area contributed by atoms with Crippen LogP contribution < -0.4 is 14.0 Å². The van der Waals surface area contributed by atoms with Gasteiger partial charge in [0.2, 0.25) is 12.2 Å². The lowest BCUT2D eigenvalue weighted by Gasteiger charge is -2.22. The summed E-state index contributed by atoms with van der Waals surface area (Å²) in [7, 11) is 2.13. The number of hydrogen-bond acceptors (Lipinski definition) is 1. The molecular formula is C42H28N4O+2. The molecule has 0 saturated heterocycles. The van der Waals surface area contributed by atoms with Crippen molar-refractivity contribution in [1.82, 2.24) is 9.25 Å². The third-order valence-electron chi connectivity index (χ3n) is 10.2. The minimum absolute atomic E-state index is 0.0514. The van der Waals surface area contributed by atoms with Gasteiger partial charge in [-0.05, 0) is 93.8 Å². The Morgan fingerprint density at radius 3 is 2.15 bits per heavy atom. The summed E-state index contributed by atoms with van der Waals surface area (Å²) in [6, 6.07) is 45.9. The van der Waals surface area contributed by atoms with Gasteiger partial charge in [0.05, 0.1) is 36.0 Å². The topological polar surface area (TPSA) is 26.8 Å². The summed E-state index contributed by atoms with van der Waals surface area (Å²) < 4.78 is 16.1. The summed E-state index contributed by atoms with van der Waals surface area (Å²) >= 11 is 0.